The summed E-state index contributed by atoms with van der Waals surface area (Å²) in [6, 6.07) is 0.653. The van der Waals surface area contributed by atoms with E-state index in [1.807, 2.05) is 7.05 Å². The molecule has 0 aliphatic heterocycles. The first-order valence-electron chi connectivity index (χ1n) is 6.55. The predicted octanol–water partition coefficient (Wildman–Crippen LogP) is 4.15. The van der Waals surface area contributed by atoms with Gasteiger partial charge in [0.05, 0.1) is 0 Å². The van der Waals surface area contributed by atoms with Crippen molar-refractivity contribution in [3.8, 4) is 0 Å². The van der Waals surface area contributed by atoms with Crippen LogP contribution in [-0.4, -0.2) is 13.1 Å². The largest absolute Gasteiger partial charge is 0.317 e. The molecular weight excluding hydrogens is 182 g/mol. The van der Waals surface area contributed by atoms with E-state index in [1.54, 1.807) is 5.57 Å². The Bertz CT molecular complexity index is 195. The highest BCUT2D eigenvalue weighted by molar-refractivity contribution is 5.00. The summed E-state index contributed by atoms with van der Waals surface area (Å²) in [5, 5.41) is 3.28. The van der Waals surface area contributed by atoms with E-state index < -0.39 is 0 Å². The van der Waals surface area contributed by atoms with E-state index in [-0.39, 0.29) is 1.43 Å². The molecule has 1 saturated carbocycles. The van der Waals surface area contributed by atoms with Gasteiger partial charge in [-0.3, -0.25) is 0 Å². The smallest absolute Gasteiger partial charge is 0.00386 e. The maximum atomic E-state index is 3.28. The lowest BCUT2D eigenvalue weighted by Crippen LogP contribution is -2.20. The van der Waals surface area contributed by atoms with Crippen LogP contribution in [0.25, 0.3) is 0 Å². The van der Waals surface area contributed by atoms with Gasteiger partial charge in [0.25, 0.3) is 0 Å². The summed E-state index contributed by atoms with van der Waals surface area (Å²) in [6.07, 6.45) is 12.2. The molecule has 90 valence electrons. The second kappa shape index (κ2) is 7.05. The molecule has 0 heterocycles. The topological polar surface area (TPSA) is 12.0 Å². The molecule has 0 saturated heterocycles. The summed E-state index contributed by atoms with van der Waals surface area (Å²) in [7, 11) is 2.04. The lowest BCUT2D eigenvalue weighted by molar-refractivity contribution is 0.538. The van der Waals surface area contributed by atoms with Gasteiger partial charge in [0.15, 0.2) is 0 Å². The molecular formula is C14H29N. The first kappa shape index (κ1) is 12.8. The Balaban J connectivity index is 0.00000225. The van der Waals surface area contributed by atoms with E-state index in [0.717, 1.165) is 5.92 Å². The Hall–Kier alpha value is -0.300. The molecule has 15 heavy (non-hydrogen) atoms. The van der Waals surface area contributed by atoms with E-state index in [0.29, 0.717) is 6.04 Å². The van der Waals surface area contributed by atoms with Gasteiger partial charge in [0, 0.05) is 7.47 Å². The van der Waals surface area contributed by atoms with Crippen LogP contribution < -0.4 is 5.32 Å². The van der Waals surface area contributed by atoms with Gasteiger partial charge in [-0.2, -0.15) is 0 Å². The van der Waals surface area contributed by atoms with Gasteiger partial charge in [-0.25, -0.2) is 0 Å². The molecule has 1 aliphatic carbocycles. The van der Waals surface area contributed by atoms with E-state index in [2.05, 4.69) is 25.2 Å². The number of hydrogen-bond donors (Lipinski definition) is 1. The van der Waals surface area contributed by atoms with Crippen molar-refractivity contribution in [1.82, 2.24) is 5.32 Å². The Morgan fingerprint density at radius 3 is 2.73 bits per heavy atom. The number of nitrogens with one attached hydrogen (secondary N) is 1. The van der Waals surface area contributed by atoms with Crippen molar-refractivity contribution in [2.75, 3.05) is 7.05 Å². The van der Waals surface area contributed by atoms with Crippen LogP contribution in [0, 0.1) is 5.92 Å². The Morgan fingerprint density at radius 2 is 2.13 bits per heavy atom. The minimum atomic E-state index is 0. The van der Waals surface area contributed by atoms with Gasteiger partial charge in [-0.05, 0) is 46.1 Å². The van der Waals surface area contributed by atoms with Crippen molar-refractivity contribution >= 4 is 0 Å². The molecule has 0 radical (unpaired) electrons. The summed E-state index contributed by atoms with van der Waals surface area (Å²) < 4.78 is 0. The molecule has 0 spiro atoms. The molecule has 1 N–H and O–H groups in total. The average molecular weight is 211 g/mol. The normalized spacial score (nSPS) is 20.9. The van der Waals surface area contributed by atoms with E-state index in [9.17, 15) is 0 Å². The summed E-state index contributed by atoms with van der Waals surface area (Å²) in [5.74, 6) is 1.00. The highest BCUT2D eigenvalue weighted by Crippen LogP contribution is 2.30. The maximum Gasteiger partial charge on any atom is 0.00386 e. The molecule has 1 nitrogen and oxygen atoms in total. The summed E-state index contributed by atoms with van der Waals surface area (Å²) in [5.41, 5.74) is 1.62. The number of rotatable bonds is 6. The summed E-state index contributed by atoms with van der Waals surface area (Å²) in [6.45, 7) is 4.56. The molecule has 0 bridgehead atoms. The van der Waals surface area contributed by atoms with Crippen molar-refractivity contribution in [2.45, 2.75) is 64.8 Å². The van der Waals surface area contributed by atoms with Gasteiger partial charge >= 0.3 is 0 Å². The second-order valence-electron chi connectivity index (χ2n) is 5.17. The van der Waals surface area contributed by atoms with Gasteiger partial charge in [-0.1, -0.05) is 37.3 Å². The van der Waals surface area contributed by atoms with Crippen molar-refractivity contribution in [2.24, 2.45) is 5.92 Å². The minimum Gasteiger partial charge on any atom is -0.317 e. The van der Waals surface area contributed by atoms with Crippen LogP contribution in [0.2, 0.25) is 0 Å². The van der Waals surface area contributed by atoms with Crippen LogP contribution in [0.15, 0.2) is 11.6 Å². The van der Waals surface area contributed by atoms with Crippen molar-refractivity contribution in [3.63, 3.8) is 0 Å². The van der Waals surface area contributed by atoms with Crippen LogP contribution >= 0.6 is 0 Å². The third kappa shape index (κ3) is 5.36. The lowest BCUT2D eigenvalue weighted by Gasteiger charge is -2.10. The van der Waals surface area contributed by atoms with Crippen molar-refractivity contribution in [3.05, 3.63) is 11.6 Å². The van der Waals surface area contributed by atoms with Crippen LogP contribution in [-0.2, 0) is 0 Å². The third-order valence-electron chi connectivity index (χ3n) is 3.67. The molecule has 0 aromatic heterocycles. The van der Waals surface area contributed by atoms with Gasteiger partial charge in [0.1, 0.15) is 0 Å². The Morgan fingerprint density at radius 1 is 1.47 bits per heavy atom. The van der Waals surface area contributed by atoms with Crippen LogP contribution in [0.4, 0.5) is 0 Å². The van der Waals surface area contributed by atoms with E-state index in [1.165, 1.54) is 44.9 Å². The van der Waals surface area contributed by atoms with E-state index >= 15 is 0 Å². The first-order valence-corrected chi connectivity index (χ1v) is 6.55. The zero-order chi connectivity index (χ0) is 11.1. The summed E-state index contributed by atoms with van der Waals surface area (Å²) >= 11 is 0. The van der Waals surface area contributed by atoms with Crippen LogP contribution in [0.1, 0.15) is 60.2 Å². The van der Waals surface area contributed by atoms with Crippen molar-refractivity contribution in [1.29, 1.82) is 0 Å². The number of hydrogen-bond acceptors (Lipinski definition) is 1. The standard InChI is InChI=1S/C14H27N.H2/c1-12(7-6-8-13(2)15-3)11-14-9-4-5-10-14;/h7,13-15H,4-6,8-11H2,1-3H3;1H/b12-7-;/t13-;/m1./s1. The first-order chi connectivity index (χ1) is 7.22. The SMILES string of the molecule is CN[C@H](C)CC/C=C(/C)CC1CCCC1.[HH]. The highest BCUT2D eigenvalue weighted by atomic mass is 14.8. The lowest BCUT2D eigenvalue weighted by atomic mass is 9.98. The molecule has 0 amide bonds. The third-order valence-corrected chi connectivity index (χ3v) is 3.67. The zero-order valence-corrected chi connectivity index (χ0v) is 10.7. The number of allylic oxidation sites excluding steroid dienone is 2. The molecule has 0 aromatic carbocycles. The molecule has 0 aromatic rings. The predicted molar refractivity (Wildman–Crippen MR) is 70.2 cm³/mol. The Kier molecular flexibility index (Phi) is 6.00. The van der Waals surface area contributed by atoms with Gasteiger partial charge < -0.3 is 5.32 Å². The van der Waals surface area contributed by atoms with Crippen LogP contribution in [0.5, 0.6) is 0 Å². The minimum absolute atomic E-state index is 0. The zero-order valence-electron chi connectivity index (χ0n) is 10.7. The van der Waals surface area contributed by atoms with Crippen LogP contribution in [0.3, 0.4) is 0 Å². The fourth-order valence-corrected chi connectivity index (χ4v) is 2.48. The Labute approximate surface area is 96.8 Å². The fourth-order valence-electron chi connectivity index (χ4n) is 2.48. The molecule has 1 fully saturated rings. The molecule has 1 aliphatic rings. The quantitative estimate of drug-likeness (QED) is 0.651. The monoisotopic (exact) mass is 211 g/mol. The fraction of sp³-hybridized carbons (Fsp3) is 0.857. The molecule has 1 atom stereocenters. The van der Waals surface area contributed by atoms with Crippen molar-refractivity contribution < 1.29 is 1.43 Å². The average Bonchev–Trinajstić information content (AvgIpc) is 2.70. The molecule has 1 rings (SSSR count). The van der Waals surface area contributed by atoms with E-state index in [4.69, 9.17) is 0 Å². The van der Waals surface area contributed by atoms with Gasteiger partial charge in [0.2, 0.25) is 0 Å². The maximum absolute atomic E-state index is 3.28. The highest BCUT2D eigenvalue weighted by Gasteiger charge is 2.14. The summed E-state index contributed by atoms with van der Waals surface area (Å²) in [4.78, 5) is 0. The second-order valence-corrected chi connectivity index (χ2v) is 5.17. The van der Waals surface area contributed by atoms with Gasteiger partial charge in [-0.15, -0.1) is 0 Å². The molecule has 1 heteroatoms. The molecule has 0 unspecified atom stereocenters.